The molecule has 0 atom stereocenters. The van der Waals surface area contributed by atoms with Crippen LogP contribution in [0.3, 0.4) is 0 Å². The van der Waals surface area contributed by atoms with E-state index in [1.165, 1.54) is 0 Å². The summed E-state index contributed by atoms with van der Waals surface area (Å²) in [5.41, 5.74) is 8.48. The quantitative estimate of drug-likeness (QED) is 0.755. The number of nitrogens with one attached hydrogen (secondary N) is 2. The van der Waals surface area contributed by atoms with Gasteiger partial charge in [0.2, 0.25) is 0 Å². The number of carbonyl (C=O) groups excluding carboxylic acids is 1. The number of aromatic nitrogens is 3. The van der Waals surface area contributed by atoms with Gasteiger partial charge in [-0.05, 0) is 13.3 Å². The Morgan fingerprint density at radius 3 is 2.95 bits per heavy atom. The first-order chi connectivity index (χ1) is 9.61. The SMILES string of the molecule is CCCc1[nH]nc(C(=O)NCCc2nc(C)cs2)c1N. The van der Waals surface area contributed by atoms with Gasteiger partial charge in [0.15, 0.2) is 5.69 Å². The van der Waals surface area contributed by atoms with Crippen LogP contribution in [-0.4, -0.2) is 27.6 Å². The van der Waals surface area contributed by atoms with Crippen molar-refractivity contribution >= 4 is 22.9 Å². The van der Waals surface area contributed by atoms with Gasteiger partial charge in [0.25, 0.3) is 5.91 Å². The third kappa shape index (κ3) is 3.36. The van der Waals surface area contributed by atoms with E-state index in [1.54, 1.807) is 11.3 Å². The monoisotopic (exact) mass is 293 g/mol. The summed E-state index contributed by atoms with van der Waals surface area (Å²) in [5, 5.41) is 12.6. The van der Waals surface area contributed by atoms with Crippen LogP contribution in [0.25, 0.3) is 0 Å². The molecular weight excluding hydrogens is 274 g/mol. The van der Waals surface area contributed by atoms with Gasteiger partial charge < -0.3 is 11.1 Å². The van der Waals surface area contributed by atoms with Crippen molar-refractivity contribution in [3.8, 4) is 0 Å². The van der Waals surface area contributed by atoms with Gasteiger partial charge in [-0.1, -0.05) is 13.3 Å². The predicted octanol–water partition coefficient (Wildman–Crippen LogP) is 1.68. The predicted molar refractivity (Wildman–Crippen MR) is 79.9 cm³/mol. The van der Waals surface area contributed by atoms with Crippen LogP contribution in [-0.2, 0) is 12.8 Å². The van der Waals surface area contributed by atoms with Crippen LogP contribution < -0.4 is 11.1 Å². The zero-order valence-corrected chi connectivity index (χ0v) is 12.5. The summed E-state index contributed by atoms with van der Waals surface area (Å²) in [6.45, 7) is 4.54. The highest BCUT2D eigenvalue weighted by molar-refractivity contribution is 7.09. The Balaban J connectivity index is 1.88. The van der Waals surface area contributed by atoms with Crippen LogP contribution in [0, 0.1) is 6.92 Å². The molecule has 7 heteroatoms. The molecule has 0 aliphatic rings. The number of anilines is 1. The van der Waals surface area contributed by atoms with Crippen molar-refractivity contribution in [3.05, 3.63) is 27.5 Å². The van der Waals surface area contributed by atoms with Crippen LogP contribution in [0.5, 0.6) is 0 Å². The number of hydrogen-bond acceptors (Lipinski definition) is 5. The number of rotatable bonds is 6. The molecule has 4 N–H and O–H groups in total. The molecule has 0 aliphatic carbocycles. The molecule has 0 spiro atoms. The van der Waals surface area contributed by atoms with Crippen LogP contribution in [0.1, 0.15) is 40.2 Å². The molecule has 0 fully saturated rings. The fourth-order valence-corrected chi connectivity index (χ4v) is 2.66. The van der Waals surface area contributed by atoms with E-state index >= 15 is 0 Å². The molecule has 0 radical (unpaired) electrons. The van der Waals surface area contributed by atoms with Gasteiger partial charge in [-0.25, -0.2) is 4.98 Å². The number of nitrogens with two attached hydrogens (primary N) is 1. The van der Waals surface area contributed by atoms with E-state index in [4.69, 9.17) is 5.73 Å². The zero-order chi connectivity index (χ0) is 14.5. The van der Waals surface area contributed by atoms with E-state index < -0.39 is 0 Å². The van der Waals surface area contributed by atoms with E-state index in [-0.39, 0.29) is 11.6 Å². The number of amides is 1. The van der Waals surface area contributed by atoms with Crippen molar-refractivity contribution in [2.45, 2.75) is 33.1 Å². The average Bonchev–Trinajstić information content (AvgIpc) is 2.98. The summed E-state index contributed by atoms with van der Waals surface area (Å²) in [6.07, 6.45) is 2.47. The molecule has 6 nitrogen and oxygen atoms in total. The zero-order valence-electron chi connectivity index (χ0n) is 11.7. The van der Waals surface area contributed by atoms with Crippen molar-refractivity contribution in [2.75, 3.05) is 12.3 Å². The van der Waals surface area contributed by atoms with Crippen molar-refractivity contribution < 1.29 is 4.79 Å². The van der Waals surface area contributed by atoms with Crippen molar-refractivity contribution in [2.24, 2.45) is 0 Å². The number of nitrogens with zero attached hydrogens (tertiary/aromatic N) is 2. The van der Waals surface area contributed by atoms with E-state index in [2.05, 4.69) is 27.4 Å². The second kappa shape index (κ2) is 6.51. The highest BCUT2D eigenvalue weighted by Gasteiger charge is 2.16. The number of nitrogen functional groups attached to an aromatic ring is 1. The molecule has 108 valence electrons. The van der Waals surface area contributed by atoms with Crippen LogP contribution in [0.4, 0.5) is 5.69 Å². The van der Waals surface area contributed by atoms with E-state index in [0.717, 1.165) is 35.7 Å². The van der Waals surface area contributed by atoms with Gasteiger partial charge in [-0.2, -0.15) is 5.10 Å². The fourth-order valence-electron chi connectivity index (χ4n) is 1.88. The van der Waals surface area contributed by atoms with Crippen molar-refractivity contribution in [1.29, 1.82) is 0 Å². The van der Waals surface area contributed by atoms with Crippen molar-refractivity contribution in [3.63, 3.8) is 0 Å². The normalized spacial score (nSPS) is 10.7. The highest BCUT2D eigenvalue weighted by atomic mass is 32.1. The van der Waals surface area contributed by atoms with Crippen LogP contribution in [0.2, 0.25) is 0 Å². The molecule has 2 aromatic rings. The third-order valence-electron chi connectivity index (χ3n) is 2.89. The summed E-state index contributed by atoms with van der Waals surface area (Å²) in [4.78, 5) is 16.3. The van der Waals surface area contributed by atoms with Gasteiger partial charge in [0, 0.05) is 24.0 Å². The lowest BCUT2D eigenvalue weighted by Gasteiger charge is -2.02. The Bertz CT molecular complexity index is 589. The third-order valence-corrected chi connectivity index (χ3v) is 3.92. The van der Waals surface area contributed by atoms with Crippen LogP contribution in [0.15, 0.2) is 5.38 Å². The minimum atomic E-state index is -0.241. The minimum Gasteiger partial charge on any atom is -0.395 e. The summed E-state index contributed by atoms with van der Waals surface area (Å²) < 4.78 is 0. The Kier molecular flexibility index (Phi) is 4.73. The summed E-state index contributed by atoms with van der Waals surface area (Å²) in [7, 11) is 0. The molecule has 0 aliphatic heterocycles. The molecule has 0 aromatic carbocycles. The molecule has 0 saturated heterocycles. The van der Waals surface area contributed by atoms with E-state index in [9.17, 15) is 4.79 Å². The van der Waals surface area contributed by atoms with Crippen molar-refractivity contribution in [1.82, 2.24) is 20.5 Å². The molecule has 1 amide bonds. The lowest BCUT2D eigenvalue weighted by molar-refractivity contribution is 0.0950. The second-order valence-electron chi connectivity index (χ2n) is 4.60. The van der Waals surface area contributed by atoms with E-state index in [1.807, 2.05) is 12.3 Å². The molecule has 0 bridgehead atoms. The standard InChI is InChI=1S/C13H19N5OS/c1-3-4-9-11(14)12(18-17-9)13(19)15-6-5-10-16-8(2)7-20-10/h7H,3-6,14H2,1-2H3,(H,15,19)(H,17,18). The summed E-state index contributed by atoms with van der Waals surface area (Å²) in [5.74, 6) is -0.241. The largest absolute Gasteiger partial charge is 0.395 e. The first-order valence-corrected chi connectivity index (χ1v) is 7.51. The number of carbonyl (C=O) groups is 1. The van der Waals surface area contributed by atoms with Gasteiger partial charge in [0.1, 0.15) is 0 Å². The number of H-pyrrole nitrogens is 1. The van der Waals surface area contributed by atoms with Gasteiger partial charge >= 0.3 is 0 Å². The molecular formula is C13H19N5OS. The maximum Gasteiger partial charge on any atom is 0.273 e. The number of aromatic amines is 1. The Morgan fingerprint density at radius 2 is 2.30 bits per heavy atom. The van der Waals surface area contributed by atoms with Gasteiger partial charge in [0.05, 0.1) is 16.4 Å². The highest BCUT2D eigenvalue weighted by Crippen LogP contribution is 2.15. The number of hydrogen-bond donors (Lipinski definition) is 3. The molecule has 20 heavy (non-hydrogen) atoms. The van der Waals surface area contributed by atoms with Gasteiger partial charge in [-0.3, -0.25) is 9.89 Å². The summed E-state index contributed by atoms with van der Waals surface area (Å²) in [6, 6.07) is 0. The number of aryl methyl sites for hydroxylation is 2. The van der Waals surface area contributed by atoms with E-state index in [0.29, 0.717) is 12.2 Å². The Morgan fingerprint density at radius 1 is 1.50 bits per heavy atom. The topological polar surface area (TPSA) is 96.7 Å². The molecule has 0 saturated carbocycles. The summed E-state index contributed by atoms with van der Waals surface area (Å²) >= 11 is 1.60. The first kappa shape index (κ1) is 14.5. The Labute approximate surface area is 121 Å². The lowest BCUT2D eigenvalue weighted by Crippen LogP contribution is -2.26. The molecule has 2 heterocycles. The Hall–Kier alpha value is -1.89. The van der Waals surface area contributed by atoms with Gasteiger partial charge in [-0.15, -0.1) is 11.3 Å². The molecule has 2 aromatic heterocycles. The smallest absolute Gasteiger partial charge is 0.273 e. The first-order valence-electron chi connectivity index (χ1n) is 6.63. The molecule has 2 rings (SSSR count). The fraction of sp³-hybridized carbons (Fsp3) is 0.462. The second-order valence-corrected chi connectivity index (χ2v) is 5.55. The minimum absolute atomic E-state index is 0.241. The lowest BCUT2D eigenvalue weighted by atomic mass is 10.2. The maximum absolute atomic E-state index is 12.0. The average molecular weight is 293 g/mol. The number of thiazole rings is 1. The maximum atomic E-state index is 12.0. The molecule has 0 unspecified atom stereocenters. The van der Waals surface area contributed by atoms with Crippen LogP contribution >= 0.6 is 11.3 Å².